The van der Waals surface area contributed by atoms with E-state index in [0.29, 0.717) is 5.04 Å². The third kappa shape index (κ3) is 3.69. The van der Waals surface area contributed by atoms with Crippen molar-refractivity contribution in [2.45, 2.75) is 45.3 Å². The van der Waals surface area contributed by atoms with Crippen LogP contribution in [0.4, 0.5) is 0 Å². The molecule has 0 aliphatic carbocycles. The van der Waals surface area contributed by atoms with Crippen LogP contribution in [0, 0.1) is 0 Å². The first kappa shape index (κ1) is 14.4. The molecule has 1 heterocycles. The van der Waals surface area contributed by atoms with Crippen LogP contribution >= 0.6 is 27.3 Å². The van der Waals surface area contributed by atoms with Gasteiger partial charge in [-0.15, -0.1) is 11.3 Å². The molecule has 0 aliphatic rings. The Hall–Kier alpha value is 0.357. The molecule has 1 aromatic rings. The summed E-state index contributed by atoms with van der Waals surface area (Å²) < 4.78 is 7.37. The molecular weight excluding hydrogens is 300 g/mol. The molecule has 92 valence electrons. The van der Waals surface area contributed by atoms with Gasteiger partial charge in [0.15, 0.2) is 8.32 Å². The Bertz CT molecular complexity index is 341. The van der Waals surface area contributed by atoms with E-state index >= 15 is 0 Å². The molecule has 16 heavy (non-hydrogen) atoms. The SMILES string of the molecule is CC(C)(C)[Si](C)(C)OCCc1sccc1Br. The van der Waals surface area contributed by atoms with Gasteiger partial charge in [-0.25, -0.2) is 0 Å². The van der Waals surface area contributed by atoms with Gasteiger partial charge in [-0.05, 0) is 45.5 Å². The molecule has 4 heteroatoms. The Labute approximate surface area is 112 Å². The lowest BCUT2D eigenvalue weighted by atomic mass is 10.2. The number of halogens is 1. The van der Waals surface area contributed by atoms with E-state index in [4.69, 9.17) is 4.43 Å². The van der Waals surface area contributed by atoms with Crippen molar-refractivity contribution in [3.8, 4) is 0 Å². The molecule has 0 fully saturated rings. The van der Waals surface area contributed by atoms with Crippen LogP contribution in [-0.2, 0) is 10.8 Å². The summed E-state index contributed by atoms with van der Waals surface area (Å²) >= 11 is 5.35. The quantitative estimate of drug-likeness (QED) is 0.703. The van der Waals surface area contributed by atoms with Crippen LogP contribution in [0.15, 0.2) is 15.9 Å². The zero-order valence-corrected chi connectivity index (χ0v) is 14.2. The van der Waals surface area contributed by atoms with Crippen molar-refractivity contribution >= 4 is 35.6 Å². The summed E-state index contributed by atoms with van der Waals surface area (Å²) in [6, 6.07) is 2.10. The second-order valence-corrected chi connectivity index (χ2v) is 12.2. The van der Waals surface area contributed by atoms with E-state index in [1.165, 1.54) is 9.35 Å². The fourth-order valence-electron chi connectivity index (χ4n) is 1.12. The Balaban J connectivity index is 2.45. The first-order valence-electron chi connectivity index (χ1n) is 5.60. The summed E-state index contributed by atoms with van der Waals surface area (Å²) in [6.45, 7) is 12.3. The second-order valence-electron chi connectivity index (χ2n) is 5.55. The summed E-state index contributed by atoms with van der Waals surface area (Å²) in [4.78, 5) is 1.39. The maximum Gasteiger partial charge on any atom is 0.191 e. The average molecular weight is 321 g/mol. The van der Waals surface area contributed by atoms with Gasteiger partial charge in [-0.2, -0.15) is 0 Å². The largest absolute Gasteiger partial charge is 0.416 e. The fraction of sp³-hybridized carbons (Fsp3) is 0.667. The fourth-order valence-corrected chi connectivity index (χ4v) is 3.70. The van der Waals surface area contributed by atoms with Gasteiger partial charge >= 0.3 is 0 Å². The van der Waals surface area contributed by atoms with Crippen molar-refractivity contribution in [3.05, 3.63) is 20.8 Å². The first-order chi connectivity index (χ1) is 7.24. The molecule has 0 unspecified atom stereocenters. The maximum atomic E-state index is 6.15. The molecule has 1 aromatic heterocycles. The minimum atomic E-state index is -1.57. The third-order valence-electron chi connectivity index (χ3n) is 3.29. The van der Waals surface area contributed by atoms with Crippen molar-refractivity contribution in [3.63, 3.8) is 0 Å². The Morgan fingerprint density at radius 1 is 1.38 bits per heavy atom. The van der Waals surface area contributed by atoms with Gasteiger partial charge in [0.2, 0.25) is 0 Å². The zero-order chi connectivity index (χ0) is 12.4. The van der Waals surface area contributed by atoms with Crippen molar-refractivity contribution in [2.75, 3.05) is 6.61 Å². The van der Waals surface area contributed by atoms with Gasteiger partial charge in [-0.3, -0.25) is 0 Å². The summed E-state index contributed by atoms with van der Waals surface area (Å²) in [5.74, 6) is 0. The van der Waals surface area contributed by atoms with Crippen LogP contribution in [0.1, 0.15) is 25.6 Å². The number of thiophene rings is 1. The van der Waals surface area contributed by atoms with Gasteiger partial charge < -0.3 is 4.43 Å². The summed E-state index contributed by atoms with van der Waals surface area (Å²) in [5, 5.41) is 2.42. The topological polar surface area (TPSA) is 9.23 Å². The van der Waals surface area contributed by atoms with Crippen LogP contribution in [0.5, 0.6) is 0 Å². The normalized spacial score (nSPS) is 13.1. The molecule has 0 radical (unpaired) electrons. The molecule has 0 aromatic carbocycles. The number of hydrogen-bond donors (Lipinski definition) is 0. The summed E-state index contributed by atoms with van der Waals surface area (Å²) in [7, 11) is -1.57. The van der Waals surface area contributed by atoms with E-state index in [2.05, 4.69) is 61.2 Å². The lowest BCUT2D eigenvalue weighted by Gasteiger charge is -2.36. The zero-order valence-electron chi connectivity index (χ0n) is 10.8. The van der Waals surface area contributed by atoms with Crippen molar-refractivity contribution < 1.29 is 4.43 Å². The third-order valence-corrected chi connectivity index (χ3v) is 9.81. The monoisotopic (exact) mass is 320 g/mol. The van der Waals surface area contributed by atoms with Crippen molar-refractivity contribution in [1.82, 2.24) is 0 Å². The molecule has 0 amide bonds. The van der Waals surface area contributed by atoms with E-state index in [9.17, 15) is 0 Å². The molecule has 0 aliphatic heterocycles. The van der Waals surface area contributed by atoms with Crippen LogP contribution in [0.25, 0.3) is 0 Å². The second kappa shape index (κ2) is 5.34. The van der Waals surface area contributed by atoms with E-state index in [1.54, 1.807) is 11.3 Å². The molecule has 0 bridgehead atoms. The molecule has 0 saturated heterocycles. The molecule has 1 rings (SSSR count). The Morgan fingerprint density at radius 2 is 2.00 bits per heavy atom. The molecule has 0 N–H and O–H groups in total. The lowest BCUT2D eigenvalue weighted by molar-refractivity contribution is 0.292. The van der Waals surface area contributed by atoms with Gasteiger partial charge in [-0.1, -0.05) is 20.8 Å². The van der Waals surface area contributed by atoms with E-state index in [-0.39, 0.29) is 0 Å². The van der Waals surface area contributed by atoms with Gasteiger partial charge in [0.25, 0.3) is 0 Å². The molecule has 0 saturated carbocycles. The number of rotatable bonds is 4. The minimum Gasteiger partial charge on any atom is -0.416 e. The first-order valence-corrected chi connectivity index (χ1v) is 10.2. The van der Waals surface area contributed by atoms with Crippen LogP contribution in [0.3, 0.4) is 0 Å². The lowest BCUT2D eigenvalue weighted by Crippen LogP contribution is -2.41. The summed E-state index contributed by atoms with van der Waals surface area (Å²) in [6.07, 6.45) is 1.02. The van der Waals surface area contributed by atoms with Crippen LogP contribution in [-0.4, -0.2) is 14.9 Å². The van der Waals surface area contributed by atoms with Crippen LogP contribution in [0.2, 0.25) is 18.1 Å². The highest BCUT2D eigenvalue weighted by atomic mass is 79.9. The predicted molar refractivity (Wildman–Crippen MR) is 78.9 cm³/mol. The maximum absolute atomic E-state index is 6.15. The number of hydrogen-bond acceptors (Lipinski definition) is 2. The highest BCUT2D eigenvalue weighted by Gasteiger charge is 2.36. The van der Waals surface area contributed by atoms with E-state index in [1.807, 2.05) is 0 Å². The van der Waals surface area contributed by atoms with Gasteiger partial charge in [0.05, 0.1) is 0 Å². The van der Waals surface area contributed by atoms with Crippen molar-refractivity contribution in [2.24, 2.45) is 0 Å². The minimum absolute atomic E-state index is 0.305. The highest BCUT2D eigenvalue weighted by molar-refractivity contribution is 9.10. The van der Waals surface area contributed by atoms with Gasteiger partial charge in [0.1, 0.15) is 0 Å². The molecule has 0 atom stereocenters. The standard InChI is InChI=1S/C12H21BrOSSi/c1-12(2,3)16(4,5)14-8-6-11-10(13)7-9-15-11/h7,9H,6,8H2,1-5H3. The van der Waals surface area contributed by atoms with Crippen molar-refractivity contribution in [1.29, 1.82) is 0 Å². The molecular formula is C12H21BrOSSi. The van der Waals surface area contributed by atoms with E-state index in [0.717, 1.165) is 13.0 Å². The summed E-state index contributed by atoms with van der Waals surface area (Å²) in [5.41, 5.74) is 0. The smallest absolute Gasteiger partial charge is 0.191 e. The van der Waals surface area contributed by atoms with Crippen LogP contribution < -0.4 is 0 Å². The highest BCUT2D eigenvalue weighted by Crippen LogP contribution is 2.36. The average Bonchev–Trinajstić information content (AvgIpc) is 2.49. The van der Waals surface area contributed by atoms with E-state index < -0.39 is 8.32 Å². The molecule has 0 spiro atoms. The van der Waals surface area contributed by atoms with Gasteiger partial charge in [0, 0.05) is 22.4 Å². The predicted octanol–water partition coefficient (Wildman–Crippen LogP) is 5.07. The molecule has 1 nitrogen and oxygen atoms in total. The Morgan fingerprint density at radius 3 is 2.44 bits per heavy atom. The Kier molecular flexibility index (Phi) is 4.81.